The summed E-state index contributed by atoms with van der Waals surface area (Å²) in [5, 5.41) is 0. The predicted octanol–water partition coefficient (Wildman–Crippen LogP) is 1.73. The second-order valence-electron chi connectivity index (χ2n) is 5.30. The van der Waals surface area contributed by atoms with Crippen molar-refractivity contribution in [2.24, 2.45) is 5.73 Å². The highest BCUT2D eigenvalue weighted by molar-refractivity contribution is 5.71. The van der Waals surface area contributed by atoms with Gasteiger partial charge in [0.25, 0.3) is 0 Å². The summed E-state index contributed by atoms with van der Waals surface area (Å²) < 4.78 is 2.22. The van der Waals surface area contributed by atoms with Crippen molar-refractivity contribution < 1.29 is 0 Å². The van der Waals surface area contributed by atoms with Gasteiger partial charge in [0.1, 0.15) is 11.3 Å². The number of aromatic amines is 1. The number of nitrogens with zero attached hydrogens (tertiary/aromatic N) is 4. The molecule has 102 valence electrons. The second-order valence-corrected chi connectivity index (χ2v) is 5.30. The third-order valence-electron chi connectivity index (χ3n) is 3.71. The van der Waals surface area contributed by atoms with Gasteiger partial charge in [-0.3, -0.25) is 0 Å². The standard InChI is InChI=1S/C14H16N6/c15-11(6-9-7-16-8-18-9)13-19-12-2-1-5-17-14(12)20(13)10-3-4-10/h1-2,5,7-8,10-11H,3-4,6,15H2,(H,16,18). The van der Waals surface area contributed by atoms with Crippen LogP contribution in [0, 0.1) is 0 Å². The minimum Gasteiger partial charge on any atom is -0.348 e. The van der Waals surface area contributed by atoms with Crippen molar-refractivity contribution in [2.75, 3.05) is 0 Å². The molecule has 0 amide bonds. The first-order valence-electron chi connectivity index (χ1n) is 6.88. The third-order valence-corrected chi connectivity index (χ3v) is 3.71. The summed E-state index contributed by atoms with van der Waals surface area (Å²) in [5.41, 5.74) is 9.26. The van der Waals surface area contributed by atoms with Crippen LogP contribution in [-0.2, 0) is 6.42 Å². The molecule has 0 aliphatic heterocycles. The number of H-pyrrole nitrogens is 1. The Balaban J connectivity index is 1.76. The molecule has 1 saturated carbocycles. The average Bonchev–Trinajstić information content (AvgIpc) is 3.02. The Morgan fingerprint density at radius 2 is 2.35 bits per heavy atom. The van der Waals surface area contributed by atoms with E-state index in [1.165, 1.54) is 12.8 Å². The minimum atomic E-state index is -0.148. The van der Waals surface area contributed by atoms with Crippen LogP contribution in [0.2, 0.25) is 0 Å². The molecule has 4 rings (SSSR count). The number of nitrogens with one attached hydrogen (secondary N) is 1. The molecule has 0 saturated heterocycles. The van der Waals surface area contributed by atoms with Gasteiger partial charge in [0.05, 0.1) is 12.4 Å². The smallest absolute Gasteiger partial charge is 0.160 e. The number of aromatic nitrogens is 5. The first-order valence-corrected chi connectivity index (χ1v) is 6.88. The maximum atomic E-state index is 6.36. The Labute approximate surface area is 116 Å². The van der Waals surface area contributed by atoms with Gasteiger partial charge in [-0.2, -0.15) is 0 Å². The van der Waals surface area contributed by atoms with E-state index < -0.39 is 0 Å². The quantitative estimate of drug-likeness (QED) is 0.754. The zero-order valence-electron chi connectivity index (χ0n) is 11.0. The van der Waals surface area contributed by atoms with Crippen LogP contribution in [0.25, 0.3) is 11.2 Å². The summed E-state index contributed by atoms with van der Waals surface area (Å²) in [6.45, 7) is 0. The molecule has 6 nitrogen and oxygen atoms in total. The topological polar surface area (TPSA) is 85.4 Å². The summed E-state index contributed by atoms with van der Waals surface area (Å²) in [6, 6.07) is 4.27. The molecule has 1 unspecified atom stereocenters. The van der Waals surface area contributed by atoms with E-state index in [1.807, 2.05) is 24.5 Å². The van der Waals surface area contributed by atoms with Crippen LogP contribution in [0.1, 0.15) is 36.4 Å². The van der Waals surface area contributed by atoms with Gasteiger partial charge in [0, 0.05) is 30.6 Å². The van der Waals surface area contributed by atoms with Crippen LogP contribution >= 0.6 is 0 Å². The van der Waals surface area contributed by atoms with Gasteiger partial charge in [-0.1, -0.05) is 0 Å². The molecule has 3 N–H and O–H groups in total. The van der Waals surface area contributed by atoms with E-state index in [9.17, 15) is 0 Å². The van der Waals surface area contributed by atoms with Crippen LogP contribution in [0.3, 0.4) is 0 Å². The second kappa shape index (κ2) is 4.42. The van der Waals surface area contributed by atoms with E-state index in [1.54, 1.807) is 6.33 Å². The molecule has 3 heterocycles. The number of pyridine rings is 1. The molecule has 1 aliphatic carbocycles. The van der Waals surface area contributed by atoms with Crippen LogP contribution in [0.15, 0.2) is 30.9 Å². The van der Waals surface area contributed by atoms with Crippen molar-refractivity contribution in [1.82, 2.24) is 24.5 Å². The number of rotatable bonds is 4. The maximum absolute atomic E-state index is 6.36. The number of hydrogen-bond donors (Lipinski definition) is 2. The Morgan fingerprint density at radius 1 is 1.45 bits per heavy atom. The summed E-state index contributed by atoms with van der Waals surface area (Å²) in [7, 11) is 0. The van der Waals surface area contributed by atoms with Crippen LogP contribution in [-0.4, -0.2) is 24.5 Å². The van der Waals surface area contributed by atoms with Crippen LogP contribution in [0.5, 0.6) is 0 Å². The summed E-state index contributed by atoms with van der Waals surface area (Å²) >= 11 is 0. The molecule has 0 radical (unpaired) electrons. The van der Waals surface area contributed by atoms with Gasteiger partial charge >= 0.3 is 0 Å². The summed E-state index contributed by atoms with van der Waals surface area (Å²) in [6.07, 6.45) is 8.37. The highest BCUT2D eigenvalue weighted by Crippen LogP contribution is 2.39. The number of fused-ring (bicyclic) bond motifs is 1. The molecule has 1 atom stereocenters. The van der Waals surface area contributed by atoms with Crippen molar-refractivity contribution in [1.29, 1.82) is 0 Å². The normalized spacial score (nSPS) is 16.6. The molecule has 1 aliphatic rings. The monoisotopic (exact) mass is 268 g/mol. The molecular weight excluding hydrogens is 252 g/mol. The minimum absolute atomic E-state index is 0.148. The van der Waals surface area contributed by atoms with Crippen molar-refractivity contribution in [3.05, 3.63) is 42.4 Å². The van der Waals surface area contributed by atoms with Crippen molar-refractivity contribution in [2.45, 2.75) is 31.3 Å². The molecule has 3 aromatic rings. The lowest BCUT2D eigenvalue weighted by Gasteiger charge is -2.13. The molecule has 0 aromatic carbocycles. The van der Waals surface area contributed by atoms with Crippen molar-refractivity contribution >= 4 is 11.2 Å². The van der Waals surface area contributed by atoms with E-state index in [-0.39, 0.29) is 6.04 Å². The zero-order valence-corrected chi connectivity index (χ0v) is 11.0. The highest BCUT2D eigenvalue weighted by Gasteiger charge is 2.30. The third kappa shape index (κ3) is 1.89. The molecule has 6 heteroatoms. The van der Waals surface area contributed by atoms with Gasteiger partial charge in [0.15, 0.2) is 5.65 Å². The Hall–Kier alpha value is -2.21. The molecule has 0 spiro atoms. The lowest BCUT2D eigenvalue weighted by molar-refractivity contribution is 0.595. The molecule has 1 fully saturated rings. The molecule has 0 bridgehead atoms. The number of nitrogens with two attached hydrogens (primary N) is 1. The van der Waals surface area contributed by atoms with Gasteiger partial charge in [-0.15, -0.1) is 0 Å². The Bertz CT molecular complexity index is 725. The number of hydrogen-bond acceptors (Lipinski definition) is 4. The van der Waals surface area contributed by atoms with E-state index in [0.29, 0.717) is 12.5 Å². The van der Waals surface area contributed by atoms with E-state index in [0.717, 1.165) is 22.7 Å². The Morgan fingerprint density at radius 3 is 3.10 bits per heavy atom. The van der Waals surface area contributed by atoms with Crippen molar-refractivity contribution in [3.8, 4) is 0 Å². The average molecular weight is 268 g/mol. The SMILES string of the molecule is NC(Cc1cnc[nH]1)c1nc2cccnc2n1C1CC1. The maximum Gasteiger partial charge on any atom is 0.160 e. The van der Waals surface area contributed by atoms with E-state index in [4.69, 9.17) is 10.7 Å². The van der Waals surface area contributed by atoms with Crippen LogP contribution < -0.4 is 5.73 Å². The lowest BCUT2D eigenvalue weighted by atomic mass is 10.1. The zero-order chi connectivity index (χ0) is 13.5. The first kappa shape index (κ1) is 11.6. The van der Waals surface area contributed by atoms with Crippen molar-refractivity contribution in [3.63, 3.8) is 0 Å². The van der Waals surface area contributed by atoms with E-state index >= 15 is 0 Å². The molecule has 3 aromatic heterocycles. The molecule has 20 heavy (non-hydrogen) atoms. The molecular formula is C14H16N6. The first-order chi connectivity index (χ1) is 9.83. The highest BCUT2D eigenvalue weighted by atomic mass is 15.2. The fraction of sp³-hybridized carbons (Fsp3) is 0.357. The summed E-state index contributed by atoms with van der Waals surface area (Å²) in [4.78, 5) is 16.3. The largest absolute Gasteiger partial charge is 0.348 e. The summed E-state index contributed by atoms with van der Waals surface area (Å²) in [5.74, 6) is 0.927. The fourth-order valence-corrected chi connectivity index (χ4v) is 2.63. The van der Waals surface area contributed by atoms with Gasteiger partial charge in [-0.25, -0.2) is 15.0 Å². The number of imidazole rings is 2. The van der Waals surface area contributed by atoms with Gasteiger partial charge in [0.2, 0.25) is 0 Å². The van der Waals surface area contributed by atoms with E-state index in [2.05, 4.69) is 19.5 Å². The Kier molecular flexibility index (Phi) is 2.56. The van der Waals surface area contributed by atoms with Gasteiger partial charge in [-0.05, 0) is 25.0 Å². The fourth-order valence-electron chi connectivity index (χ4n) is 2.63. The van der Waals surface area contributed by atoms with Gasteiger partial charge < -0.3 is 15.3 Å². The van der Waals surface area contributed by atoms with Crippen LogP contribution in [0.4, 0.5) is 0 Å². The predicted molar refractivity (Wildman–Crippen MR) is 75.0 cm³/mol. The lowest BCUT2D eigenvalue weighted by Crippen LogP contribution is -2.19.